The number of pyridine rings is 1. The zero-order valence-corrected chi connectivity index (χ0v) is 12.2. The van der Waals surface area contributed by atoms with E-state index in [0.29, 0.717) is 0 Å². The molecule has 1 fully saturated rings. The Labute approximate surface area is 119 Å². The zero-order valence-electron chi connectivity index (χ0n) is 12.2. The van der Waals surface area contributed by atoms with Crippen LogP contribution < -0.4 is 9.64 Å². The summed E-state index contributed by atoms with van der Waals surface area (Å²) in [6.45, 7) is 6.04. The number of anilines is 1. The summed E-state index contributed by atoms with van der Waals surface area (Å²) in [5.41, 5.74) is 2.12. The van der Waals surface area contributed by atoms with E-state index in [1.807, 2.05) is 12.1 Å². The molecule has 0 aliphatic carbocycles. The third-order valence-electron chi connectivity index (χ3n) is 3.69. The summed E-state index contributed by atoms with van der Waals surface area (Å²) in [7, 11) is 1.68. The van der Waals surface area contributed by atoms with Crippen molar-refractivity contribution in [3.8, 4) is 5.75 Å². The number of fused-ring (bicyclic) bond motifs is 1. The first kappa shape index (κ1) is 13.2. The van der Waals surface area contributed by atoms with Crippen LogP contribution in [0.3, 0.4) is 0 Å². The van der Waals surface area contributed by atoms with Crippen LogP contribution in [0, 0.1) is 0 Å². The molecule has 1 aromatic carbocycles. The molecule has 1 aliphatic heterocycles. The van der Waals surface area contributed by atoms with E-state index in [4.69, 9.17) is 9.47 Å². The highest BCUT2D eigenvalue weighted by Crippen LogP contribution is 2.33. The summed E-state index contributed by atoms with van der Waals surface area (Å²) in [5, 5.41) is 1.13. The van der Waals surface area contributed by atoms with Crippen molar-refractivity contribution < 1.29 is 9.47 Å². The Kier molecular flexibility index (Phi) is 3.49. The lowest BCUT2D eigenvalue weighted by atomic mass is 10.1. The van der Waals surface area contributed by atoms with Gasteiger partial charge in [-0.1, -0.05) is 0 Å². The first-order valence-electron chi connectivity index (χ1n) is 7.01. The minimum Gasteiger partial charge on any atom is -0.494 e. The molecule has 3 rings (SSSR count). The van der Waals surface area contributed by atoms with Gasteiger partial charge in [0.2, 0.25) is 0 Å². The van der Waals surface area contributed by atoms with E-state index in [2.05, 4.69) is 35.9 Å². The molecule has 2 heterocycles. The van der Waals surface area contributed by atoms with Gasteiger partial charge in [-0.3, -0.25) is 4.98 Å². The number of morpholine rings is 1. The van der Waals surface area contributed by atoms with Crippen molar-refractivity contribution in [1.82, 2.24) is 4.98 Å². The molecular formula is C16H20N2O2. The molecule has 1 saturated heterocycles. The van der Waals surface area contributed by atoms with Crippen LogP contribution in [-0.2, 0) is 4.74 Å². The number of ether oxygens (including phenoxy) is 2. The van der Waals surface area contributed by atoms with Crippen molar-refractivity contribution in [1.29, 1.82) is 0 Å². The first-order valence-corrected chi connectivity index (χ1v) is 7.01. The molecule has 106 valence electrons. The molecule has 0 N–H and O–H groups in total. The Hall–Kier alpha value is -1.81. The molecule has 2 aromatic rings. The molecule has 0 amide bonds. The van der Waals surface area contributed by atoms with Gasteiger partial charge in [-0.2, -0.15) is 0 Å². The minimum atomic E-state index is 0.243. The minimum absolute atomic E-state index is 0.243. The summed E-state index contributed by atoms with van der Waals surface area (Å²) in [4.78, 5) is 6.84. The second-order valence-corrected chi connectivity index (χ2v) is 5.35. The van der Waals surface area contributed by atoms with Crippen molar-refractivity contribution in [2.75, 3.05) is 25.1 Å². The summed E-state index contributed by atoms with van der Waals surface area (Å²) in [6.07, 6.45) is 2.29. The molecule has 2 atom stereocenters. The monoisotopic (exact) mass is 272 g/mol. The second-order valence-electron chi connectivity index (χ2n) is 5.35. The van der Waals surface area contributed by atoms with Gasteiger partial charge in [-0.15, -0.1) is 0 Å². The number of rotatable bonds is 2. The van der Waals surface area contributed by atoms with Gasteiger partial charge in [0.05, 0.1) is 19.3 Å². The first-order chi connectivity index (χ1) is 9.69. The number of nitrogens with zero attached hydrogens (tertiary/aromatic N) is 2. The van der Waals surface area contributed by atoms with E-state index in [0.717, 1.165) is 29.7 Å². The van der Waals surface area contributed by atoms with Crippen LogP contribution in [0.15, 0.2) is 30.5 Å². The third-order valence-corrected chi connectivity index (χ3v) is 3.69. The van der Waals surface area contributed by atoms with E-state index < -0.39 is 0 Å². The number of hydrogen-bond donors (Lipinski definition) is 0. The van der Waals surface area contributed by atoms with E-state index in [1.54, 1.807) is 13.3 Å². The number of methoxy groups -OCH3 is 1. The maximum absolute atomic E-state index is 5.81. The standard InChI is InChI=1S/C16H20N2O2/c1-11-9-18(10-12(2)20-11)14-6-7-15(19-3)16-13(14)5-4-8-17-16/h4-8,11-12H,9-10H2,1-3H3. The van der Waals surface area contributed by atoms with Crippen molar-refractivity contribution in [3.05, 3.63) is 30.5 Å². The molecular weight excluding hydrogens is 252 g/mol. The van der Waals surface area contributed by atoms with Crippen LogP contribution >= 0.6 is 0 Å². The lowest BCUT2D eigenvalue weighted by Crippen LogP contribution is -2.45. The maximum Gasteiger partial charge on any atom is 0.145 e. The lowest BCUT2D eigenvalue weighted by molar-refractivity contribution is -0.00513. The number of aromatic nitrogens is 1. The molecule has 2 unspecified atom stereocenters. The van der Waals surface area contributed by atoms with Gasteiger partial charge in [0.1, 0.15) is 11.3 Å². The summed E-state index contributed by atoms with van der Waals surface area (Å²) in [5.74, 6) is 0.818. The van der Waals surface area contributed by atoms with Crippen molar-refractivity contribution in [2.45, 2.75) is 26.1 Å². The molecule has 0 bridgehead atoms. The van der Waals surface area contributed by atoms with Gasteiger partial charge in [0, 0.05) is 30.4 Å². The highest BCUT2D eigenvalue weighted by atomic mass is 16.5. The molecule has 0 spiro atoms. The van der Waals surface area contributed by atoms with E-state index in [9.17, 15) is 0 Å². The number of benzene rings is 1. The third kappa shape index (κ3) is 2.31. The topological polar surface area (TPSA) is 34.6 Å². The molecule has 4 nitrogen and oxygen atoms in total. The van der Waals surface area contributed by atoms with Crippen molar-refractivity contribution in [2.24, 2.45) is 0 Å². The molecule has 20 heavy (non-hydrogen) atoms. The maximum atomic E-state index is 5.81. The fraction of sp³-hybridized carbons (Fsp3) is 0.438. The van der Waals surface area contributed by atoms with Crippen LogP contribution in [0.5, 0.6) is 5.75 Å². The summed E-state index contributed by atoms with van der Waals surface area (Å²) in [6, 6.07) is 8.19. The van der Waals surface area contributed by atoms with Crippen molar-refractivity contribution >= 4 is 16.6 Å². The molecule has 0 radical (unpaired) electrons. The van der Waals surface area contributed by atoms with Crippen LogP contribution in [0.25, 0.3) is 10.9 Å². The van der Waals surface area contributed by atoms with Crippen LogP contribution in [0.1, 0.15) is 13.8 Å². The SMILES string of the molecule is COc1ccc(N2CC(C)OC(C)C2)c2cccnc12. The average Bonchev–Trinajstić information content (AvgIpc) is 2.45. The molecule has 4 heteroatoms. The smallest absolute Gasteiger partial charge is 0.145 e. The average molecular weight is 272 g/mol. The highest BCUT2D eigenvalue weighted by Gasteiger charge is 2.24. The lowest BCUT2D eigenvalue weighted by Gasteiger charge is -2.37. The van der Waals surface area contributed by atoms with Crippen LogP contribution in [0.4, 0.5) is 5.69 Å². The van der Waals surface area contributed by atoms with Crippen molar-refractivity contribution in [3.63, 3.8) is 0 Å². The highest BCUT2D eigenvalue weighted by molar-refractivity contribution is 5.95. The van der Waals surface area contributed by atoms with Gasteiger partial charge < -0.3 is 14.4 Å². The fourth-order valence-electron chi connectivity index (χ4n) is 2.95. The molecule has 1 aromatic heterocycles. The zero-order chi connectivity index (χ0) is 14.1. The van der Waals surface area contributed by atoms with E-state index in [1.165, 1.54) is 5.69 Å². The van der Waals surface area contributed by atoms with E-state index in [-0.39, 0.29) is 12.2 Å². The Morgan fingerprint density at radius 2 is 1.95 bits per heavy atom. The van der Waals surface area contributed by atoms with Gasteiger partial charge in [0.25, 0.3) is 0 Å². The predicted octanol–water partition coefficient (Wildman–Crippen LogP) is 2.86. The second kappa shape index (κ2) is 5.29. The summed E-state index contributed by atoms with van der Waals surface area (Å²) < 4.78 is 11.2. The van der Waals surface area contributed by atoms with Gasteiger partial charge in [-0.25, -0.2) is 0 Å². The Morgan fingerprint density at radius 1 is 1.20 bits per heavy atom. The van der Waals surface area contributed by atoms with Crippen LogP contribution in [0.2, 0.25) is 0 Å². The fourth-order valence-corrected chi connectivity index (χ4v) is 2.95. The summed E-state index contributed by atoms with van der Waals surface area (Å²) >= 11 is 0. The van der Waals surface area contributed by atoms with E-state index >= 15 is 0 Å². The van der Waals surface area contributed by atoms with Gasteiger partial charge in [-0.05, 0) is 38.1 Å². The Balaban J connectivity index is 2.08. The van der Waals surface area contributed by atoms with Gasteiger partial charge in [0.15, 0.2) is 0 Å². The predicted molar refractivity (Wildman–Crippen MR) is 80.5 cm³/mol. The number of hydrogen-bond acceptors (Lipinski definition) is 4. The quantitative estimate of drug-likeness (QED) is 0.842. The Bertz CT molecular complexity index is 604. The van der Waals surface area contributed by atoms with Crippen LogP contribution in [-0.4, -0.2) is 37.4 Å². The normalized spacial score (nSPS) is 23.1. The van der Waals surface area contributed by atoms with Gasteiger partial charge >= 0.3 is 0 Å². The molecule has 1 aliphatic rings. The largest absolute Gasteiger partial charge is 0.494 e. The molecule has 0 saturated carbocycles. The Morgan fingerprint density at radius 3 is 2.65 bits per heavy atom.